The van der Waals surface area contributed by atoms with Gasteiger partial charge in [-0.3, -0.25) is 0 Å². The van der Waals surface area contributed by atoms with Crippen molar-refractivity contribution in [1.82, 2.24) is 9.97 Å². The van der Waals surface area contributed by atoms with Crippen molar-refractivity contribution >= 4 is 22.1 Å². The van der Waals surface area contributed by atoms with Crippen LogP contribution in [0.25, 0.3) is 22.1 Å². The molecule has 3 rings (SSSR count). The first-order valence-electron chi connectivity index (χ1n) is 5.38. The van der Waals surface area contributed by atoms with E-state index < -0.39 is 0 Å². The zero-order valence-corrected chi connectivity index (χ0v) is 9.36. The van der Waals surface area contributed by atoms with Crippen molar-refractivity contribution in [3.63, 3.8) is 0 Å². The van der Waals surface area contributed by atoms with Crippen LogP contribution in [0, 0.1) is 13.8 Å². The molecule has 0 unspecified atom stereocenters. The third-order valence-corrected chi connectivity index (χ3v) is 2.90. The number of hydrogen-bond acceptors (Lipinski definition) is 2. The van der Waals surface area contributed by atoms with Crippen molar-refractivity contribution in [3.8, 4) is 0 Å². The fraction of sp³-hybridized carbons (Fsp3) is 0.143. The Kier molecular flexibility index (Phi) is 1.90. The highest BCUT2D eigenvalue weighted by Crippen LogP contribution is 2.21. The largest absolute Gasteiger partial charge is 0.244 e. The van der Waals surface area contributed by atoms with E-state index in [0.717, 1.165) is 22.1 Å². The molecule has 2 heteroatoms. The van der Waals surface area contributed by atoms with Gasteiger partial charge in [-0.2, -0.15) is 0 Å². The SMILES string of the molecule is Cc1ccc(C)c2nc3ccccc3nc12. The lowest BCUT2D eigenvalue weighted by Gasteiger charge is -2.05. The van der Waals surface area contributed by atoms with Crippen LogP contribution >= 0.6 is 0 Å². The van der Waals surface area contributed by atoms with Gasteiger partial charge in [-0.15, -0.1) is 0 Å². The molecular formula is C14H12N2. The van der Waals surface area contributed by atoms with Crippen molar-refractivity contribution in [2.24, 2.45) is 0 Å². The Hall–Kier alpha value is -1.96. The second kappa shape index (κ2) is 3.27. The van der Waals surface area contributed by atoms with Crippen LogP contribution in [0.4, 0.5) is 0 Å². The molecule has 0 radical (unpaired) electrons. The van der Waals surface area contributed by atoms with E-state index in [-0.39, 0.29) is 0 Å². The zero-order chi connectivity index (χ0) is 11.1. The van der Waals surface area contributed by atoms with Gasteiger partial charge >= 0.3 is 0 Å². The number of para-hydroxylation sites is 2. The number of nitrogens with zero attached hydrogens (tertiary/aromatic N) is 2. The van der Waals surface area contributed by atoms with Crippen LogP contribution in [0.3, 0.4) is 0 Å². The van der Waals surface area contributed by atoms with E-state index >= 15 is 0 Å². The van der Waals surface area contributed by atoms with Crippen LogP contribution in [0.5, 0.6) is 0 Å². The molecular weight excluding hydrogens is 196 g/mol. The predicted molar refractivity (Wildman–Crippen MR) is 66.5 cm³/mol. The Labute approximate surface area is 94.0 Å². The monoisotopic (exact) mass is 208 g/mol. The molecule has 0 aliphatic heterocycles. The Morgan fingerprint density at radius 2 is 1.12 bits per heavy atom. The third kappa shape index (κ3) is 1.27. The molecule has 0 aliphatic carbocycles. The van der Waals surface area contributed by atoms with Gasteiger partial charge in [0.2, 0.25) is 0 Å². The van der Waals surface area contributed by atoms with E-state index in [9.17, 15) is 0 Å². The summed E-state index contributed by atoms with van der Waals surface area (Å²) in [6.07, 6.45) is 0. The molecule has 0 saturated carbocycles. The summed E-state index contributed by atoms with van der Waals surface area (Å²) in [5.74, 6) is 0. The van der Waals surface area contributed by atoms with Gasteiger partial charge in [0.25, 0.3) is 0 Å². The lowest BCUT2D eigenvalue weighted by molar-refractivity contribution is 1.32. The summed E-state index contributed by atoms with van der Waals surface area (Å²) in [5.41, 5.74) is 6.31. The molecule has 0 fully saturated rings. The maximum absolute atomic E-state index is 4.68. The van der Waals surface area contributed by atoms with Crippen molar-refractivity contribution in [1.29, 1.82) is 0 Å². The van der Waals surface area contributed by atoms with Crippen molar-refractivity contribution in [2.75, 3.05) is 0 Å². The van der Waals surface area contributed by atoms with Crippen molar-refractivity contribution in [3.05, 3.63) is 47.5 Å². The minimum Gasteiger partial charge on any atom is -0.244 e. The fourth-order valence-electron chi connectivity index (χ4n) is 1.96. The molecule has 3 aromatic rings. The topological polar surface area (TPSA) is 25.8 Å². The van der Waals surface area contributed by atoms with Gasteiger partial charge in [0, 0.05) is 0 Å². The normalized spacial score (nSPS) is 11.1. The van der Waals surface area contributed by atoms with Crippen LogP contribution in [0.1, 0.15) is 11.1 Å². The minimum atomic E-state index is 0.962. The maximum Gasteiger partial charge on any atom is 0.0926 e. The number of aromatic nitrogens is 2. The summed E-state index contributed by atoms with van der Waals surface area (Å²) in [6, 6.07) is 12.2. The quantitative estimate of drug-likeness (QED) is 0.529. The summed E-state index contributed by atoms with van der Waals surface area (Å²) >= 11 is 0. The average molecular weight is 208 g/mol. The Balaban J connectivity index is 2.56. The summed E-state index contributed by atoms with van der Waals surface area (Å²) in [6.45, 7) is 4.15. The smallest absolute Gasteiger partial charge is 0.0926 e. The molecule has 78 valence electrons. The lowest BCUT2D eigenvalue weighted by Crippen LogP contribution is -1.91. The van der Waals surface area contributed by atoms with Gasteiger partial charge in [0.15, 0.2) is 0 Å². The fourth-order valence-corrected chi connectivity index (χ4v) is 1.96. The van der Waals surface area contributed by atoms with Crippen LogP contribution in [-0.2, 0) is 0 Å². The van der Waals surface area contributed by atoms with E-state index in [1.54, 1.807) is 0 Å². The molecule has 0 saturated heterocycles. The number of hydrogen-bond donors (Lipinski definition) is 0. The molecule has 1 aromatic heterocycles. The molecule has 1 heterocycles. The van der Waals surface area contributed by atoms with Crippen LogP contribution in [0.15, 0.2) is 36.4 Å². The van der Waals surface area contributed by atoms with Gasteiger partial charge < -0.3 is 0 Å². The third-order valence-electron chi connectivity index (χ3n) is 2.90. The number of rotatable bonds is 0. The first-order valence-corrected chi connectivity index (χ1v) is 5.38. The van der Waals surface area contributed by atoms with Crippen LogP contribution in [0.2, 0.25) is 0 Å². The Morgan fingerprint density at radius 1 is 0.688 bits per heavy atom. The van der Waals surface area contributed by atoms with E-state index in [1.807, 2.05) is 24.3 Å². The van der Waals surface area contributed by atoms with E-state index in [4.69, 9.17) is 0 Å². The molecule has 16 heavy (non-hydrogen) atoms. The number of benzene rings is 2. The van der Waals surface area contributed by atoms with E-state index in [0.29, 0.717) is 0 Å². The summed E-state index contributed by atoms with van der Waals surface area (Å²) in [4.78, 5) is 9.35. The summed E-state index contributed by atoms with van der Waals surface area (Å²) in [7, 11) is 0. The molecule has 2 aromatic carbocycles. The molecule has 0 amide bonds. The molecule has 2 nitrogen and oxygen atoms in total. The van der Waals surface area contributed by atoms with Crippen LogP contribution < -0.4 is 0 Å². The van der Waals surface area contributed by atoms with Gasteiger partial charge in [-0.05, 0) is 37.1 Å². The predicted octanol–water partition coefficient (Wildman–Crippen LogP) is 3.40. The average Bonchev–Trinajstić information content (AvgIpc) is 2.32. The summed E-state index contributed by atoms with van der Waals surface area (Å²) < 4.78 is 0. The standard InChI is InChI=1S/C14H12N2/c1-9-7-8-10(2)14-13(9)15-11-5-3-4-6-12(11)16-14/h3-8H,1-2H3. The second-order valence-electron chi connectivity index (χ2n) is 4.11. The zero-order valence-electron chi connectivity index (χ0n) is 9.36. The highest BCUT2D eigenvalue weighted by Gasteiger charge is 2.05. The van der Waals surface area contributed by atoms with E-state index in [2.05, 4.69) is 35.9 Å². The van der Waals surface area contributed by atoms with Gasteiger partial charge in [0.1, 0.15) is 0 Å². The van der Waals surface area contributed by atoms with Gasteiger partial charge in [-0.1, -0.05) is 24.3 Å². The minimum absolute atomic E-state index is 0.962. The highest BCUT2D eigenvalue weighted by atomic mass is 14.8. The second-order valence-corrected chi connectivity index (χ2v) is 4.11. The van der Waals surface area contributed by atoms with Gasteiger partial charge in [0.05, 0.1) is 22.1 Å². The summed E-state index contributed by atoms with van der Waals surface area (Å²) in [5, 5.41) is 0. The number of aryl methyl sites for hydroxylation is 2. The van der Waals surface area contributed by atoms with Crippen molar-refractivity contribution in [2.45, 2.75) is 13.8 Å². The van der Waals surface area contributed by atoms with Gasteiger partial charge in [-0.25, -0.2) is 9.97 Å². The van der Waals surface area contributed by atoms with Crippen LogP contribution in [-0.4, -0.2) is 9.97 Å². The van der Waals surface area contributed by atoms with Crippen molar-refractivity contribution < 1.29 is 0 Å². The Bertz CT molecular complexity index is 627. The first-order chi connectivity index (χ1) is 7.75. The lowest BCUT2D eigenvalue weighted by atomic mass is 10.1. The molecule has 0 aliphatic rings. The Morgan fingerprint density at radius 3 is 1.56 bits per heavy atom. The highest BCUT2D eigenvalue weighted by molar-refractivity contribution is 5.89. The maximum atomic E-state index is 4.68. The molecule has 0 N–H and O–H groups in total. The first kappa shape index (κ1) is 9.28. The molecule has 0 bridgehead atoms. The molecule has 0 atom stereocenters. The molecule has 0 spiro atoms. The number of fused-ring (bicyclic) bond motifs is 2. The van der Waals surface area contributed by atoms with E-state index in [1.165, 1.54) is 11.1 Å².